The molecule has 2 saturated heterocycles. The summed E-state index contributed by atoms with van der Waals surface area (Å²) in [6.45, 7) is 6.02. The lowest BCUT2D eigenvalue weighted by atomic mass is 10.2. The first-order valence-electron chi connectivity index (χ1n) is 12.5. The maximum Gasteiger partial charge on any atom is 0.410 e. The van der Waals surface area contributed by atoms with Gasteiger partial charge in [-0.05, 0) is 31.5 Å². The van der Waals surface area contributed by atoms with Gasteiger partial charge in [0.15, 0.2) is 5.79 Å². The minimum atomic E-state index is -0.789. The fourth-order valence-electron chi connectivity index (χ4n) is 4.55. The minimum Gasteiger partial charge on any atom is -0.474 e. The second-order valence-corrected chi connectivity index (χ2v) is 9.57. The van der Waals surface area contributed by atoms with Gasteiger partial charge in [0.2, 0.25) is 11.8 Å². The lowest BCUT2D eigenvalue weighted by Gasteiger charge is -2.34. The highest BCUT2D eigenvalue weighted by molar-refractivity contribution is 5.84. The molecule has 2 aromatic carbocycles. The van der Waals surface area contributed by atoms with Gasteiger partial charge in [0.1, 0.15) is 25.4 Å². The van der Waals surface area contributed by atoms with Gasteiger partial charge in [-0.15, -0.1) is 0 Å². The molecule has 37 heavy (non-hydrogen) atoms. The number of hydrogen-bond donors (Lipinski definition) is 1. The second-order valence-electron chi connectivity index (χ2n) is 9.57. The van der Waals surface area contributed by atoms with E-state index < -0.39 is 18.0 Å². The van der Waals surface area contributed by atoms with Crippen molar-refractivity contribution in [3.8, 4) is 5.88 Å². The number of aromatic nitrogens is 2. The van der Waals surface area contributed by atoms with E-state index >= 15 is 0 Å². The van der Waals surface area contributed by atoms with E-state index in [0.717, 1.165) is 16.5 Å². The van der Waals surface area contributed by atoms with Crippen LogP contribution < -0.4 is 9.64 Å². The predicted octanol–water partition coefficient (Wildman–Crippen LogP) is 2.98. The molecule has 3 heterocycles. The second kappa shape index (κ2) is 10.9. The fraction of sp³-hybridized carbons (Fsp3) is 0.444. The van der Waals surface area contributed by atoms with Crippen molar-refractivity contribution in [2.24, 2.45) is 0 Å². The number of fused-ring (bicyclic) bond motifs is 1. The standard InChI is InChI=1S/C27H32N4O6/c1-27(2)36-22(16-32)23(37-27)18-34-24-20-10-6-7-11-21(20)28-25(29-24)30-12-14-31(15-13-30)26(33)35-17-19-8-4-3-5-9-19/h3-11,22-23,32H,12-18H2,1-2H3/t22-,23-/m1/s1. The third-order valence-electron chi connectivity index (χ3n) is 6.43. The fourth-order valence-corrected chi connectivity index (χ4v) is 4.55. The van der Waals surface area contributed by atoms with Crippen molar-refractivity contribution in [1.29, 1.82) is 0 Å². The topological polar surface area (TPSA) is 106 Å². The van der Waals surface area contributed by atoms with Crippen LogP contribution in [0.4, 0.5) is 10.7 Å². The molecular formula is C27H32N4O6. The number of ether oxygens (including phenoxy) is 4. The summed E-state index contributed by atoms with van der Waals surface area (Å²) in [5, 5.41) is 10.5. The first-order chi connectivity index (χ1) is 17.9. The summed E-state index contributed by atoms with van der Waals surface area (Å²) in [7, 11) is 0. The number of nitrogens with zero attached hydrogens (tertiary/aromatic N) is 4. The Morgan fingerprint density at radius 2 is 1.70 bits per heavy atom. The van der Waals surface area contributed by atoms with E-state index in [-0.39, 0.29) is 25.9 Å². The van der Waals surface area contributed by atoms with Crippen molar-refractivity contribution in [2.45, 2.75) is 38.4 Å². The molecule has 196 valence electrons. The van der Waals surface area contributed by atoms with E-state index in [9.17, 15) is 9.90 Å². The van der Waals surface area contributed by atoms with E-state index in [1.165, 1.54) is 0 Å². The summed E-state index contributed by atoms with van der Waals surface area (Å²) in [5.74, 6) is 0.186. The zero-order valence-electron chi connectivity index (χ0n) is 21.1. The summed E-state index contributed by atoms with van der Waals surface area (Å²) < 4.78 is 23.2. The van der Waals surface area contributed by atoms with Crippen LogP contribution in [0.3, 0.4) is 0 Å². The smallest absolute Gasteiger partial charge is 0.410 e. The number of hydrogen-bond acceptors (Lipinski definition) is 9. The van der Waals surface area contributed by atoms with Crippen LogP contribution in [0.1, 0.15) is 19.4 Å². The first kappa shape index (κ1) is 25.2. The lowest BCUT2D eigenvalue weighted by Crippen LogP contribution is -2.49. The van der Waals surface area contributed by atoms with Crippen molar-refractivity contribution in [1.82, 2.24) is 14.9 Å². The van der Waals surface area contributed by atoms with Gasteiger partial charge in [-0.1, -0.05) is 42.5 Å². The maximum atomic E-state index is 12.5. The van der Waals surface area contributed by atoms with Gasteiger partial charge < -0.3 is 33.9 Å². The van der Waals surface area contributed by atoms with Crippen LogP contribution in [0, 0.1) is 0 Å². The SMILES string of the molecule is CC1(C)O[C@H](CO)[C@@H](COc2nc(N3CCN(C(=O)OCc4ccccc4)CC3)nc3ccccc23)O1. The van der Waals surface area contributed by atoms with Crippen molar-refractivity contribution in [3.05, 3.63) is 60.2 Å². The largest absolute Gasteiger partial charge is 0.474 e. The van der Waals surface area contributed by atoms with Crippen LogP contribution in [0.5, 0.6) is 5.88 Å². The highest BCUT2D eigenvalue weighted by Gasteiger charge is 2.41. The summed E-state index contributed by atoms with van der Waals surface area (Å²) >= 11 is 0. The minimum absolute atomic E-state index is 0.161. The molecule has 1 aromatic heterocycles. The molecule has 2 aliphatic rings. The summed E-state index contributed by atoms with van der Waals surface area (Å²) in [4.78, 5) is 25.7. The van der Waals surface area contributed by atoms with Crippen LogP contribution >= 0.6 is 0 Å². The van der Waals surface area contributed by atoms with Gasteiger partial charge >= 0.3 is 6.09 Å². The number of carbonyl (C=O) groups excluding carboxylic acids is 1. The number of amides is 1. The molecule has 10 nitrogen and oxygen atoms in total. The number of piperazine rings is 1. The molecule has 1 amide bonds. The number of anilines is 1. The molecule has 2 aliphatic heterocycles. The number of para-hydroxylation sites is 1. The normalized spacial score (nSPS) is 21.3. The highest BCUT2D eigenvalue weighted by Crippen LogP contribution is 2.30. The first-order valence-corrected chi connectivity index (χ1v) is 12.5. The number of carbonyl (C=O) groups is 1. The molecule has 1 N–H and O–H groups in total. The van der Waals surface area contributed by atoms with Crippen LogP contribution in [-0.2, 0) is 20.8 Å². The quantitative estimate of drug-likeness (QED) is 0.515. The van der Waals surface area contributed by atoms with E-state index in [4.69, 9.17) is 28.9 Å². The van der Waals surface area contributed by atoms with Crippen LogP contribution in [0.2, 0.25) is 0 Å². The molecule has 3 aromatic rings. The van der Waals surface area contributed by atoms with Crippen molar-refractivity contribution >= 4 is 22.9 Å². The molecule has 0 spiro atoms. The Kier molecular flexibility index (Phi) is 7.40. The highest BCUT2D eigenvalue weighted by atomic mass is 16.8. The Morgan fingerprint density at radius 3 is 2.46 bits per heavy atom. The van der Waals surface area contributed by atoms with Crippen molar-refractivity contribution < 1.29 is 28.8 Å². The Labute approximate surface area is 215 Å². The van der Waals surface area contributed by atoms with Gasteiger partial charge in [0.25, 0.3) is 0 Å². The molecular weight excluding hydrogens is 476 g/mol. The van der Waals surface area contributed by atoms with Gasteiger partial charge in [-0.2, -0.15) is 4.98 Å². The van der Waals surface area contributed by atoms with Crippen LogP contribution in [0.15, 0.2) is 54.6 Å². The van der Waals surface area contributed by atoms with E-state index in [1.54, 1.807) is 4.90 Å². The maximum absolute atomic E-state index is 12.5. The van der Waals surface area contributed by atoms with Gasteiger partial charge in [-0.25, -0.2) is 9.78 Å². The molecule has 0 radical (unpaired) electrons. The molecule has 0 bridgehead atoms. The van der Waals surface area contributed by atoms with Crippen LogP contribution in [-0.4, -0.2) is 83.5 Å². The van der Waals surface area contributed by atoms with E-state index in [2.05, 4.69) is 0 Å². The zero-order valence-corrected chi connectivity index (χ0v) is 21.1. The number of rotatable bonds is 7. The summed E-state index contributed by atoms with van der Waals surface area (Å²) in [6, 6.07) is 17.3. The molecule has 0 saturated carbocycles. The van der Waals surface area contributed by atoms with E-state index in [1.807, 2.05) is 73.3 Å². The molecule has 2 atom stereocenters. The zero-order chi connectivity index (χ0) is 25.8. The molecule has 0 aliphatic carbocycles. The monoisotopic (exact) mass is 508 g/mol. The number of aliphatic hydroxyl groups excluding tert-OH is 1. The molecule has 0 unspecified atom stereocenters. The Hall–Kier alpha value is -3.47. The average molecular weight is 509 g/mol. The van der Waals surface area contributed by atoms with Crippen molar-refractivity contribution in [3.63, 3.8) is 0 Å². The third kappa shape index (κ3) is 5.93. The molecule has 10 heteroatoms. The molecule has 5 rings (SSSR count). The van der Waals surface area contributed by atoms with Gasteiger partial charge in [0.05, 0.1) is 17.5 Å². The number of aliphatic hydroxyl groups is 1. The predicted molar refractivity (Wildman–Crippen MR) is 136 cm³/mol. The lowest BCUT2D eigenvalue weighted by molar-refractivity contribution is -0.150. The summed E-state index contributed by atoms with van der Waals surface area (Å²) in [6.07, 6.45) is -1.23. The molecule has 2 fully saturated rings. The van der Waals surface area contributed by atoms with Crippen LogP contribution in [0.25, 0.3) is 10.9 Å². The third-order valence-corrected chi connectivity index (χ3v) is 6.43. The van der Waals surface area contributed by atoms with Gasteiger partial charge in [0, 0.05) is 26.2 Å². The Bertz CT molecular complexity index is 1220. The Morgan fingerprint density at radius 1 is 1.00 bits per heavy atom. The summed E-state index contributed by atoms with van der Waals surface area (Å²) in [5.41, 5.74) is 1.71. The van der Waals surface area contributed by atoms with Gasteiger partial charge in [-0.3, -0.25) is 0 Å². The Balaban J connectivity index is 1.24. The number of benzene rings is 2. The average Bonchev–Trinajstić information content (AvgIpc) is 3.24. The van der Waals surface area contributed by atoms with Crippen molar-refractivity contribution in [2.75, 3.05) is 44.3 Å². The van der Waals surface area contributed by atoms with E-state index in [0.29, 0.717) is 38.0 Å².